The molecule has 1 aromatic carbocycles. The lowest BCUT2D eigenvalue weighted by molar-refractivity contribution is -0.139. The van der Waals surface area contributed by atoms with Crippen molar-refractivity contribution >= 4 is 35.8 Å². The zero-order valence-corrected chi connectivity index (χ0v) is 13.4. The SMILES string of the molecule is Cc1c(NCC(=O)O)cccc1C(=O)N(C=O)C1CCC(=O)NC1=O. The van der Waals surface area contributed by atoms with E-state index in [1.165, 1.54) is 12.1 Å². The van der Waals surface area contributed by atoms with Crippen LogP contribution in [0.15, 0.2) is 18.2 Å². The number of aliphatic carboxylic acids is 1. The highest BCUT2D eigenvalue weighted by Gasteiger charge is 2.35. The molecule has 9 heteroatoms. The molecule has 0 aliphatic carbocycles. The lowest BCUT2D eigenvalue weighted by atomic mass is 10.0. The highest BCUT2D eigenvalue weighted by molar-refractivity contribution is 6.08. The Kier molecular flexibility index (Phi) is 5.48. The van der Waals surface area contributed by atoms with Crippen molar-refractivity contribution in [2.75, 3.05) is 11.9 Å². The molecule has 1 heterocycles. The summed E-state index contributed by atoms with van der Waals surface area (Å²) in [6, 6.07) is 3.56. The molecule has 0 aromatic heterocycles. The standard InChI is InChI=1S/C16H17N3O6/c1-9-10(3-2-4-11(9)17-7-14(22)23)16(25)19(8-20)12-5-6-13(21)18-15(12)24/h2-4,8,12,17H,5-7H2,1H3,(H,22,23)(H,18,21,24). The first kappa shape index (κ1) is 18.1. The van der Waals surface area contributed by atoms with E-state index in [0.717, 1.165) is 4.90 Å². The third-order valence-electron chi connectivity index (χ3n) is 3.89. The molecule has 0 saturated carbocycles. The molecule has 1 aliphatic rings. The van der Waals surface area contributed by atoms with E-state index in [1.807, 2.05) is 0 Å². The van der Waals surface area contributed by atoms with Gasteiger partial charge in [-0.3, -0.25) is 34.2 Å². The second-order valence-corrected chi connectivity index (χ2v) is 5.51. The van der Waals surface area contributed by atoms with Crippen LogP contribution < -0.4 is 10.6 Å². The summed E-state index contributed by atoms with van der Waals surface area (Å²) < 4.78 is 0. The van der Waals surface area contributed by atoms with Crippen LogP contribution in [-0.2, 0) is 19.2 Å². The number of piperidine rings is 1. The van der Waals surface area contributed by atoms with E-state index in [4.69, 9.17) is 5.11 Å². The van der Waals surface area contributed by atoms with Crippen molar-refractivity contribution in [3.63, 3.8) is 0 Å². The van der Waals surface area contributed by atoms with Gasteiger partial charge in [0.15, 0.2) is 0 Å². The van der Waals surface area contributed by atoms with Crippen molar-refractivity contribution in [3.05, 3.63) is 29.3 Å². The second kappa shape index (κ2) is 7.56. The van der Waals surface area contributed by atoms with E-state index in [-0.39, 0.29) is 31.4 Å². The summed E-state index contributed by atoms with van der Waals surface area (Å²) in [5, 5.41) is 13.5. The van der Waals surface area contributed by atoms with Crippen LogP contribution in [0.4, 0.5) is 5.69 Å². The topological polar surface area (TPSA) is 133 Å². The average molecular weight is 347 g/mol. The molecule has 9 nitrogen and oxygen atoms in total. The molecule has 1 aromatic rings. The van der Waals surface area contributed by atoms with Gasteiger partial charge in [0, 0.05) is 17.7 Å². The minimum absolute atomic E-state index is 0.0349. The van der Waals surface area contributed by atoms with Crippen LogP contribution in [0.25, 0.3) is 0 Å². The number of nitrogens with zero attached hydrogens (tertiary/aromatic N) is 1. The maximum atomic E-state index is 12.7. The third-order valence-corrected chi connectivity index (χ3v) is 3.89. The number of hydrogen-bond acceptors (Lipinski definition) is 6. The fourth-order valence-electron chi connectivity index (χ4n) is 2.58. The number of nitrogens with one attached hydrogen (secondary N) is 2. The Labute approximate surface area is 143 Å². The summed E-state index contributed by atoms with van der Waals surface area (Å²) in [7, 11) is 0. The van der Waals surface area contributed by atoms with E-state index >= 15 is 0 Å². The van der Waals surface area contributed by atoms with Crippen LogP contribution in [0.1, 0.15) is 28.8 Å². The van der Waals surface area contributed by atoms with Gasteiger partial charge in [-0.05, 0) is 31.0 Å². The Hall–Kier alpha value is -3.23. The number of carbonyl (C=O) groups is 5. The van der Waals surface area contributed by atoms with Crippen molar-refractivity contribution in [3.8, 4) is 0 Å². The first-order valence-electron chi connectivity index (χ1n) is 7.52. The quantitative estimate of drug-likeness (QED) is 0.483. The fraction of sp³-hybridized carbons (Fsp3) is 0.312. The van der Waals surface area contributed by atoms with E-state index in [0.29, 0.717) is 11.3 Å². The lowest BCUT2D eigenvalue weighted by Crippen LogP contribution is -2.53. The van der Waals surface area contributed by atoms with Gasteiger partial charge >= 0.3 is 5.97 Å². The van der Waals surface area contributed by atoms with Crippen molar-refractivity contribution in [2.24, 2.45) is 0 Å². The molecule has 0 bridgehead atoms. The first-order chi connectivity index (χ1) is 11.8. The van der Waals surface area contributed by atoms with Crippen molar-refractivity contribution in [1.29, 1.82) is 0 Å². The molecule has 1 fully saturated rings. The van der Waals surface area contributed by atoms with E-state index < -0.39 is 29.7 Å². The first-order valence-corrected chi connectivity index (χ1v) is 7.52. The Morgan fingerprint density at radius 2 is 2.12 bits per heavy atom. The van der Waals surface area contributed by atoms with Crippen LogP contribution in [0.2, 0.25) is 0 Å². The van der Waals surface area contributed by atoms with E-state index in [9.17, 15) is 24.0 Å². The maximum absolute atomic E-state index is 12.7. The van der Waals surface area contributed by atoms with Crippen LogP contribution in [0.5, 0.6) is 0 Å². The lowest BCUT2D eigenvalue weighted by Gasteiger charge is -2.28. The van der Waals surface area contributed by atoms with Gasteiger partial charge in [-0.1, -0.05) is 6.07 Å². The zero-order valence-electron chi connectivity index (χ0n) is 13.4. The highest BCUT2D eigenvalue weighted by atomic mass is 16.4. The molecule has 0 radical (unpaired) electrons. The smallest absolute Gasteiger partial charge is 0.322 e. The van der Waals surface area contributed by atoms with Crippen LogP contribution in [0.3, 0.4) is 0 Å². The molecule has 2 rings (SSSR count). The predicted molar refractivity (Wildman–Crippen MR) is 85.7 cm³/mol. The number of rotatable bonds is 6. The molecular weight excluding hydrogens is 330 g/mol. The van der Waals surface area contributed by atoms with Gasteiger partial charge in [0.25, 0.3) is 5.91 Å². The number of carboxylic acid groups (broad SMARTS) is 1. The molecule has 1 unspecified atom stereocenters. The van der Waals surface area contributed by atoms with Crippen molar-refractivity contribution < 1.29 is 29.1 Å². The van der Waals surface area contributed by atoms with Gasteiger partial charge in [0.05, 0.1) is 0 Å². The summed E-state index contributed by atoms with van der Waals surface area (Å²) in [6.07, 6.45) is 0.359. The summed E-state index contributed by atoms with van der Waals surface area (Å²) in [4.78, 5) is 58.7. The number of imide groups is 2. The van der Waals surface area contributed by atoms with Crippen LogP contribution >= 0.6 is 0 Å². The van der Waals surface area contributed by atoms with Crippen LogP contribution in [-0.4, -0.2) is 52.7 Å². The molecular formula is C16H17N3O6. The van der Waals surface area contributed by atoms with Gasteiger partial charge in [-0.2, -0.15) is 0 Å². The number of carboxylic acids is 1. The molecule has 132 valence electrons. The monoisotopic (exact) mass is 347 g/mol. The Bertz CT molecular complexity index is 745. The predicted octanol–water partition coefficient (Wildman–Crippen LogP) is -0.105. The zero-order chi connectivity index (χ0) is 18.6. The minimum Gasteiger partial charge on any atom is -0.480 e. The normalized spacial score (nSPS) is 16.8. The van der Waals surface area contributed by atoms with Crippen molar-refractivity contribution in [1.82, 2.24) is 10.2 Å². The van der Waals surface area contributed by atoms with Gasteiger partial charge in [0.2, 0.25) is 18.2 Å². The van der Waals surface area contributed by atoms with E-state index in [1.54, 1.807) is 13.0 Å². The molecule has 4 amide bonds. The largest absolute Gasteiger partial charge is 0.480 e. The minimum atomic E-state index is -1.06. The Balaban J connectivity index is 2.27. The number of anilines is 1. The molecule has 1 aliphatic heterocycles. The summed E-state index contributed by atoms with van der Waals surface area (Å²) in [6.45, 7) is 1.27. The Morgan fingerprint density at radius 1 is 1.40 bits per heavy atom. The van der Waals surface area contributed by atoms with Gasteiger partial charge in [-0.25, -0.2) is 0 Å². The van der Waals surface area contributed by atoms with Gasteiger partial charge < -0.3 is 10.4 Å². The van der Waals surface area contributed by atoms with Gasteiger partial charge in [-0.15, -0.1) is 0 Å². The maximum Gasteiger partial charge on any atom is 0.322 e. The number of amides is 4. The summed E-state index contributed by atoms with van der Waals surface area (Å²) >= 11 is 0. The Morgan fingerprint density at radius 3 is 2.72 bits per heavy atom. The van der Waals surface area contributed by atoms with Crippen molar-refractivity contribution in [2.45, 2.75) is 25.8 Å². The third kappa shape index (κ3) is 4.00. The summed E-state index contributed by atoms with van der Waals surface area (Å²) in [5.41, 5.74) is 1.04. The molecule has 0 spiro atoms. The van der Waals surface area contributed by atoms with Gasteiger partial charge in [0.1, 0.15) is 12.6 Å². The number of benzene rings is 1. The number of hydrogen-bond donors (Lipinski definition) is 3. The molecule has 25 heavy (non-hydrogen) atoms. The average Bonchev–Trinajstić information content (AvgIpc) is 2.56. The molecule has 1 atom stereocenters. The molecule has 3 N–H and O–H groups in total. The summed E-state index contributed by atoms with van der Waals surface area (Å²) in [5.74, 6) is -2.90. The van der Waals surface area contributed by atoms with E-state index in [2.05, 4.69) is 10.6 Å². The highest BCUT2D eigenvalue weighted by Crippen LogP contribution is 2.22. The second-order valence-electron chi connectivity index (χ2n) is 5.51. The fourth-order valence-corrected chi connectivity index (χ4v) is 2.58. The number of carbonyl (C=O) groups excluding carboxylic acids is 4. The molecule has 1 saturated heterocycles. The van der Waals surface area contributed by atoms with Crippen LogP contribution in [0, 0.1) is 6.92 Å².